The minimum absolute atomic E-state index is 0.381. The summed E-state index contributed by atoms with van der Waals surface area (Å²) in [5, 5.41) is 0. The van der Waals surface area contributed by atoms with Crippen LogP contribution < -0.4 is 0 Å². The molecule has 0 saturated heterocycles. The van der Waals surface area contributed by atoms with E-state index in [-0.39, 0.29) is 0 Å². The maximum Gasteiger partial charge on any atom is 0.339 e. The topological polar surface area (TPSA) is 26.3 Å². The Kier molecular flexibility index (Phi) is 4.22. The van der Waals surface area contributed by atoms with E-state index in [2.05, 4.69) is 17.8 Å². The van der Waals surface area contributed by atoms with Crippen molar-refractivity contribution >= 4 is 5.97 Å². The third-order valence-corrected chi connectivity index (χ3v) is 2.71. The van der Waals surface area contributed by atoms with E-state index in [1.165, 1.54) is 7.11 Å². The summed E-state index contributed by atoms with van der Waals surface area (Å²) in [6, 6.07) is 14.6. The fourth-order valence-electron chi connectivity index (χ4n) is 1.68. The van der Waals surface area contributed by atoms with Gasteiger partial charge in [0.15, 0.2) is 0 Å². The number of benzene rings is 2. The molecule has 0 saturated carbocycles. The van der Waals surface area contributed by atoms with Crippen LogP contribution in [-0.4, -0.2) is 13.1 Å². The number of methoxy groups -OCH3 is 1. The van der Waals surface area contributed by atoms with Crippen LogP contribution in [0.15, 0.2) is 48.5 Å². The first-order valence-corrected chi connectivity index (χ1v) is 6.00. The summed E-state index contributed by atoms with van der Waals surface area (Å²) in [6.45, 7) is 0. The molecule has 20 heavy (non-hydrogen) atoms. The summed E-state index contributed by atoms with van der Waals surface area (Å²) in [5.74, 6) is 8.03. The Hall–Kier alpha value is -2.97. The van der Waals surface area contributed by atoms with Crippen LogP contribution in [0.5, 0.6) is 0 Å². The second kappa shape index (κ2) is 6.27. The normalized spacial score (nSPS) is 9.00. The van der Waals surface area contributed by atoms with Crippen molar-refractivity contribution in [3.8, 4) is 24.2 Å². The molecule has 2 heteroatoms. The second-order valence-corrected chi connectivity index (χ2v) is 4.01. The van der Waals surface area contributed by atoms with Crippen LogP contribution in [0.3, 0.4) is 0 Å². The Labute approximate surface area is 118 Å². The second-order valence-electron chi connectivity index (χ2n) is 4.01. The van der Waals surface area contributed by atoms with Gasteiger partial charge in [0.2, 0.25) is 0 Å². The number of carbonyl (C=O) groups is 1. The number of terminal acetylenes is 1. The van der Waals surface area contributed by atoms with Crippen LogP contribution in [0.4, 0.5) is 0 Å². The summed E-state index contributed by atoms with van der Waals surface area (Å²) in [4.78, 5) is 11.8. The Morgan fingerprint density at radius 2 is 1.80 bits per heavy atom. The van der Waals surface area contributed by atoms with E-state index >= 15 is 0 Å². The van der Waals surface area contributed by atoms with Gasteiger partial charge in [-0.3, -0.25) is 0 Å². The molecule has 0 heterocycles. The first-order valence-electron chi connectivity index (χ1n) is 6.00. The minimum Gasteiger partial charge on any atom is -0.465 e. The molecule has 2 rings (SSSR count). The fraction of sp³-hybridized carbons (Fsp3) is 0.0556. The molecule has 2 aromatic carbocycles. The molecule has 0 aliphatic rings. The van der Waals surface area contributed by atoms with Gasteiger partial charge < -0.3 is 4.74 Å². The molecule has 2 nitrogen and oxygen atoms in total. The predicted octanol–water partition coefficient (Wildman–Crippen LogP) is 2.85. The Bertz CT molecular complexity index is 725. The first kappa shape index (κ1) is 13.5. The lowest BCUT2D eigenvalue weighted by atomic mass is 10.0. The number of hydrogen-bond acceptors (Lipinski definition) is 2. The van der Waals surface area contributed by atoms with E-state index in [4.69, 9.17) is 11.2 Å². The molecule has 0 N–H and O–H groups in total. The van der Waals surface area contributed by atoms with Gasteiger partial charge in [-0.15, -0.1) is 6.42 Å². The van der Waals surface area contributed by atoms with Crippen molar-refractivity contribution in [2.24, 2.45) is 0 Å². The van der Waals surface area contributed by atoms with Gasteiger partial charge in [0, 0.05) is 16.7 Å². The van der Waals surface area contributed by atoms with Gasteiger partial charge in [-0.2, -0.15) is 0 Å². The quantitative estimate of drug-likeness (QED) is 0.582. The van der Waals surface area contributed by atoms with Crippen LogP contribution in [-0.2, 0) is 4.74 Å². The molecular formula is C18H12O2. The number of carbonyl (C=O) groups excluding carboxylic acids is 1. The summed E-state index contributed by atoms with van der Waals surface area (Å²) in [6.07, 6.45) is 5.34. The van der Waals surface area contributed by atoms with E-state index in [1.54, 1.807) is 18.2 Å². The number of hydrogen-bond donors (Lipinski definition) is 0. The van der Waals surface area contributed by atoms with Crippen LogP contribution in [0.1, 0.15) is 27.0 Å². The summed E-state index contributed by atoms with van der Waals surface area (Å²) >= 11 is 0. The van der Waals surface area contributed by atoms with E-state index in [0.717, 1.165) is 5.56 Å². The van der Waals surface area contributed by atoms with Gasteiger partial charge >= 0.3 is 5.97 Å². The smallest absolute Gasteiger partial charge is 0.339 e. The van der Waals surface area contributed by atoms with Gasteiger partial charge in [-0.05, 0) is 30.3 Å². The highest BCUT2D eigenvalue weighted by atomic mass is 16.5. The zero-order chi connectivity index (χ0) is 14.4. The third-order valence-electron chi connectivity index (χ3n) is 2.71. The average molecular weight is 260 g/mol. The lowest BCUT2D eigenvalue weighted by Crippen LogP contribution is -2.04. The number of ether oxygens (including phenoxy) is 1. The van der Waals surface area contributed by atoms with Gasteiger partial charge in [-0.25, -0.2) is 4.79 Å². The van der Waals surface area contributed by atoms with Crippen LogP contribution >= 0.6 is 0 Å². The number of esters is 1. The maximum atomic E-state index is 11.8. The van der Waals surface area contributed by atoms with E-state index in [9.17, 15) is 4.79 Å². The number of rotatable bonds is 1. The van der Waals surface area contributed by atoms with Crippen molar-refractivity contribution in [1.82, 2.24) is 0 Å². The molecule has 2 aromatic rings. The molecule has 0 radical (unpaired) electrons. The van der Waals surface area contributed by atoms with E-state index < -0.39 is 5.97 Å². The SMILES string of the molecule is C#Cc1ccc(C#Cc2ccccc2)c(C(=O)OC)c1. The van der Waals surface area contributed by atoms with Gasteiger partial charge in [-0.1, -0.05) is 36.0 Å². The highest BCUT2D eigenvalue weighted by Crippen LogP contribution is 2.12. The van der Waals surface area contributed by atoms with Crippen LogP contribution in [0.25, 0.3) is 0 Å². The average Bonchev–Trinajstić information content (AvgIpc) is 2.53. The van der Waals surface area contributed by atoms with E-state index in [0.29, 0.717) is 16.7 Å². The first-order chi connectivity index (χ1) is 9.74. The Balaban J connectivity index is 2.45. The molecular weight excluding hydrogens is 248 g/mol. The molecule has 0 spiro atoms. The molecule has 0 atom stereocenters. The van der Waals surface area contributed by atoms with Gasteiger partial charge in [0.1, 0.15) is 0 Å². The van der Waals surface area contributed by atoms with Crippen molar-refractivity contribution in [3.63, 3.8) is 0 Å². The monoisotopic (exact) mass is 260 g/mol. The molecule has 0 fully saturated rings. The summed E-state index contributed by atoms with van der Waals surface area (Å²) in [5.41, 5.74) is 2.48. The Morgan fingerprint density at radius 3 is 2.45 bits per heavy atom. The summed E-state index contributed by atoms with van der Waals surface area (Å²) < 4.78 is 4.75. The van der Waals surface area contributed by atoms with Crippen molar-refractivity contribution in [2.45, 2.75) is 0 Å². The van der Waals surface area contributed by atoms with Crippen LogP contribution in [0, 0.1) is 24.2 Å². The van der Waals surface area contributed by atoms with Crippen molar-refractivity contribution < 1.29 is 9.53 Å². The van der Waals surface area contributed by atoms with Crippen molar-refractivity contribution in [2.75, 3.05) is 7.11 Å². The molecule has 0 aromatic heterocycles. The molecule has 96 valence electrons. The predicted molar refractivity (Wildman–Crippen MR) is 78.1 cm³/mol. The largest absolute Gasteiger partial charge is 0.465 e. The standard InChI is InChI=1S/C18H12O2/c1-3-14-9-11-16(17(13-14)18(19)20-2)12-10-15-7-5-4-6-8-15/h1,4-9,11,13H,2H3. The maximum absolute atomic E-state index is 11.8. The summed E-state index contributed by atoms with van der Waals surface area (Å²) in [7, 11) is 1.33. The molecule has 0 unspecified atom stereocenters. The van der Waals surface area contributed by atoms with Gasteiger partial charge in [0.05, 0.1) is 12.7 Å². The highest BCUT2D eigenvalue weighted by Gasteiger charge is 2.10. The van der Waals surface area contributed by atoms with Crippen molar-refractivity contribution in [1.29, 1.82) is 0 Å². The van der Waals surface area contributed by atoms with Crippen LogP contribution in [0.2, 0.25) is 0 Å². The lowest BCUT2D eigenvalue weighted by Gasteiger charge is -2.03. The van der Waals surface area contributed by atoms with E-state index in [1.807, 2.05) is 30.3 Å². The highest BCUT2D eigenvalue weighted by molar-refractivity contribution is 5.92. The van der Waals surface area contributed by atoms with Gasteiger partial charge in [0.25, 0.3) is 0 Å². The third kappa shape index (κ3) is 3.07. The molecule has 0 aliphatic carbocycles. The fourth-order valence-corrected chi connectivity index (χ4v) is 1.68. The minimum atomic E-state index is -0.445. The lowest BCUT2D eigenvalue weighted by molar-refractivity contribution is 0.0600. The Morgan fingerprint density at radius 1 is 1.05 bits per heavy atom. The zero-order valence-corrected chi connectivity index (χ0v) is 11.0. The molecule has 0 bridgehead atoms. The molecule has 0 amide bonds. The zero-order valence-electron chi connectivity index (χ0n) is 11.0. The van der Waals surface area contributed by atoms with Crippen molar-refractivity contribution in [3.05, 3.63) is 70.8 Å². The molecule has 0 aliphatic heterocycles.